The van der Waals surface area contributed by atoms with E-state index in [-0.39, 0.29) is 0 Å². The summed E-state index contributed by atoms with van der Waals surface area (Å²) in [7, 11) is 2.00. The second-order valence-electron chi connectivity index (χ2n) is 3.33. The Morgan fingerprint density at radius 1 is 1.58 bits per heavy atom. The van der Waals surface area contributed by atoms with Crippen LogP contribution in [0.1, 0.15) is 26.7 Å². The fourth-order valence-corrected chi connectivity index (χ4v) is 1.36. The Bertz CT molecular complexity index is 225. The fraction of sp³-hybridized carbons (Fsp3) is 0.636. The van der Waals surface area contributed by atoms with E-state index in [9.17, 15) is 0 Å². The molecule has 0 aromatic rings. The largest absolute Gasteiger partial charge is 0.391 e. The zero-order valence-electron chi connectivity index (χ0n) is 8.15. The molecule has 0 aromatic heterocycles. The molecule has 1 aliphatic carbocycles. The molecule has 1 heteroatoms. The smallest absolute Gasteiger partial charge is 0.0373 e. The Morgan fingerprint density at radius 3 is 2.67 bits per heavy atom. The van der Waals surface area contributed by atoms with Gasteiger partial charge in [0.25, 0.3) is 0 Å². The molecule has 0 amide bonds. The lowest BCUT2D eigenvalue weighted by Crippen LogP contribution is -2.08. The van der Waals surface area contributed by atoms with Crippen molar-refractivity contribution < 1.29 is 0 Å². The number of nitrogens with one attached hydrogen (secondary N) is 1. The highest BCUT2D eigenvalue weighted by molar-refractivity contribution is 5.17. The lowest BCUT2D eigenvalue weighted by Gasteiger charge is -2.05. The Balaban J connectivity index is 2.53. The Kier molecular flexibility index (Phi) is 3.22. The zero-order chi connectivity index (χ0) is 8.97. The van der Waals surface area contributed by atoms with Crippen LogP contribution in [0, 0.1) is 23.7 Å². The third-order valence-electron chi connectivity index (χ3n) is 2.11. The van der Waals surface area contributed by atoms with Gasteiger partial charge in [-0.3, -0.25) is 0 Å². The van der Waals surface area contributed by atoms with Crippen molar-refractivity contribution in [1.29, 1.82) is 0 Å². The van der Waals surface area contributed by atoms with Gasteiger partial charge >= 0.3 is 0 Å². The van der Waals surface area contributed by atoms with E-state index in [0.717, 1.165) is 5.92 Å². The van der Waals surface area contributed by atoms with Crippen LogP contribution in [0.4, 0.5) is 0 Å². The van der Waals surface area contributed by atoms with Crippen LogP contribution in [0.5, 0.6) is 0 Å². The monoisotopic (exact) mass is 163 g/mol. The van der Waals surface area contributed by atoms with E-state index >= 15 is 0 Å². The first-order valence-corrected chi connectivity index (χ1v) is 4.59. The van der Waals surface area contributed by atoms with Crippen LogP contribution in [0.2, 0.25) is 0 Å². The van der Waals surface area contributed by atoms with Crippen LogP contribution in [-0.2, 0) is 0 Å². The molecule has 12 heavy (non-hydrogen) atoms. The predicted octanol–water partition coefficient (Wildman–Crippen LogP) is 2.16. The third kappa shape index (κ3) is 2.62. The highest BCUT2D eigenvalue weighted by Crippen LogP contribution is 2.35. The minimum absolute atomic E-state index is 0.387. The second-order valence-corrected chi connectivity index (χ2v) is 3.33. The molecule has 0 aliphatic heterocycles. The second kappa shape index (κ2) is 4.21. The highest BCUT2D eigenvalue weighted by Gasteiger charge is 2.25. The van der Waals surface area contributed by atoms with Crippen molar-refractivity contribution in [3.8, 4) is 11.8 Å². The van der Waals surface area contributed by atoms with Crippen molar-refractivity contribution >= 4 is 0 Å². The maximum atomic E-state index is 3.25. The molecule has 0 bridgehead atoms. The molecular formula is C11H17N. The molecule has 0 aromatic carbocycles. The van der Waals surface area contributed by atoms with Gasteiger partial charge in [-0.25, -0.2) is 0 Å². The third-order valence-corrected chi connectivity index (χ3v) is 2.11. The summed E-state index contributed by atoms with van der Waals surface area (Å²) in [6.07, 6.45) is 4.94. The van der Waals surface area contributed by atoms with Crippen LogP contribution < -0.4 is 5.32 Å². The Labute approximate surface area is 75.2 Å². The predicted molar refractivity (Wildman–Crippen MR) is 52.5 cm³/mol. The molecule has 1 rings (SSSR count). The van der Waals surface area contributed by atoms with Crippen molar-refractivity contribution in [3.05, 3.63) is 11.8 Å². The molecule has 1 aliphatic rings. The summed E-state index contributed by atoms with van der Waals surface area (Å²) >= 11 is 0. The van der Waals surface area contributed by atoms with Gasteiger partial charge in [-0.2, -0.15) is 0 Å². The normalized spacial score (nSPS) is 19.4. The standard InChI is InChI=1S/C11H17N/c1-4-5-9(2)8-11(12-3)10-6-7-10/h8-10,12H,6-7H2,1-3H3/b11-8-. The molecule has 66 valence electrons. The average molecular weight is 163 g/mol. The molecule has 0 heterocycles. The molecule has 1 nitrogen and oxygen atoms in total. The van der Waals surface area contributed by atoms with Gasteiger partial charge in [-0.15, -0.1) is 5.92 Å². The number of hydrogen-bond acceptors (Lipinski definition) is 1. The number of allylic oxidation sites excluding steroid dienone is 2. The molecule has 1 N–H and O–H groups in total. The number of rotatable bonds is 3. The van der Waals surface area contributed by atoms with Gasteiger partial charge < -0.3 is 5.32 Å². The first-order chi connectivity index (χ1) is 5.77. The topological polar surface area (TPSA) is 12.0 Å². The summed E-state index contributed by atoms with van der Waals surface area (Å²) in [6.45, 7) is 4.02. The van der Waals surface area contributed by atoms with Gasteiger partial charge in [0.1, 0.15) is 0 Å². The van der Waals surface area contributed by atoms with Crippen molar-refractivity contribution in [1.82, 2.24) is 5.32 Å². The van der Waals surface area contributed by atoms with E-state index in [0.29, 0.717) is 5.92 Å². The van der Waals surface area contributed by atoms with Gasteiger partial charge in [0.2, 0.25) is 0 Å². The fourth-order valence-electron chi connectivity index (χ4n) is 1.36. The van der Waals surface area contributed by atoms with Gasteiger partial charge in [-0.05, 0) is 32.6 Å². The Hall–Kier alpha value is -0.900. The lowest BCUT2D eigenvalue weighted by atomic mass is 10.1. The molecule has 1 fully saturated rings. The van der Waals surface area contributed by atoms with Gasteiger partial charge in [0.05, 0.1) is 0 Å². The maximum Gasteiger partial charge on any atom is 0.0373 e. The molecule has 1 saturated carbocycles. The SMILES string of the molecule is CC#CC(C)/C=C(\NC)C1CC1. The van der Waals surface area contributed by atoms with Crippen LogP contribution in [0.3, 0.4) is 0 Å². The van der Waals surface area contributed by atoms with Crippen molar-refractivity contribution in [3.63, 3.8) is 0 Å². The first kappa shape index (κ1) is 9.19. The van der Waals surface area contributed by atoms with E-state index in [4.69, 9.17) is 0 Å². The van der Waals surface area contributed by atoms with E-state index < -0.39 is 0 Å². The summed E-state index contributed by atoms with van der Waals surface area (Å²) < 4.78 is 0. The first-order valence-electron chi connectivity index (χ1n) is 4.59. The van der Waals surface area contributed by atoms with Gasteiger partial charge in [0, 0.05) is 18.7 Å². The van der Waals surface area contributed by atoms with E-state index in [1.54, 1.807) is 0 Å². The summed E-state index contributed by atoms with van der Waals surface area (Å²) in [5.74, 6) is 7.25. The minimum atomic E-state index is 0.387. The van der Waals surface area contributed by atoms with Crippen LogP contribution in [0.25, 0.3) is 0 Å². The van der Waals surface area contributed by atoms with E-state index in [1.807, 2.05) is 14.0 Å². The molecular weight excluding hydrogens is 146 g/mol. The van der Waals surface area contributed by atoms with E-state index in [2.05, 4.69) is 30.2 Å². The van der Waals surface area contributed by atoms with Gasteiger partial charge in [0.15, 0.2) is 0 Å². The minimum Gasteiger partial charge on any atom is -0.391 e. The summed E-state index contributed by atoms with van der Waals surface area (Å²) in [4.78, 5) is 0. The summed E-state index contributed by atoms with van der Waals surface area (Å²) in [5, 5.41) is 3.25. The van der Waals surface area contributed by atoms with E-state index in [1.165, 1.54) is 18.5 Å². The average Bonchev–Trinajstić information content (AvgIpc) is 2.83. The van der Waals surface area contributed by atoms with Crippen molar-refractivity contribution in [2.45, 2.75) is 26.7 Å². The highest BCUT2D eigenvalue weighted by atomic mass is 14.8. The quantitative estimate of drug-likeness (QED) is 0.629. The zero-order valence-corrected chi connectivity index (χ0v) is 8.15. The van der Waals surface area contributed by atoms with Crippen LogP contribution in [0.15, 0.2) is 11.8 Å². The van der Waals surface area contributed by atoms with Crippen molar-refractivity contribution in [2.24, 2.45) is 11.8 Å². The number of hydrogen-bond donors (Lipinski definition) is 1. The van der Waals surface area contributed by atoms with Gasteiger partial charge in [-0.1, -0.05) is 12.0 Å². The Morgan fingerprint density at radius 2 is 2.25 bits per heavy atom. The van der Waals surface area contributed by atoms with Crippen LogP contribution in [-0.4, -0.2) is 7.05 Å². The summed E-state index contributed by atoms with van der Waals surface area (Å²) in [5.41, 5.74) is 1.38. The van der Waals surface area contributed by atoms with Crippen LogP contribution >= 0.6 is 0 Å². The van der Waals surface area contributed by atoms with Crippen molar-refractivity contribution in [2.75, 3.05) is 7.05 Å². The molecule has 0 saturated heterocycles. The molecule has 0 spiro atoms. The summed E-state index contributed by atoms with van der Waals surface area (Å²) in [6, 6.07) is 0. The lowest BCUT2D eigenvalue weighted by molar-refractivity contribution is 0.809. The molecule has 0 radical (unpaired) electrons. The molecule has 1 atom stereocenters. The maximum absolute atomic E-state index is 3.25. The molecule has 1 unspecified atom stereocenters.